The number of nitrogens with one attached hydrogen (secondary N) is 2. The van der Waals surface area contributed by atoms with Crippen LogP contribution in [0.3, 0.4) is 0 Å². The molecule has 2 N–H and O–H groups in total. The molecule has 0 unspecified atom stereocenters. The number of aryl methyl sites for hydroxylation is 1. The predicted molar refractivity (Wildman–Crippen MR) is 74.4 cm³/mol. The minimum atomic E-state index is -0.237. The molecule has 0 saturated heterocycles. The summed E-state index contributed by atoms with van der Waals surface area (Å²) in [5, 5.41) is 10.3. The Morgan fingerprint density at radius 1 is 1.25 bits per heavy atom. The standard InChI is InChI=1S/C13H17FN6/c1-15-13(17-8-12-18-9-19-20(12)2)16-7-10-3-5-11(14)6-4-10/h3-6,9H,7-8H2,1-2H3,(H2,15,16,17). The molecule has 1 heterocycles. The average Bonchev–Trinajstić information content (AvgIpc) is 2.86. The zero-order chi connectivity index (χ0) is 14.4. The zero-order valence-electron chi connectivity index (χ0n) is 11.5. The number of halogens is 1. The first-order valence-electron chi connectivity index (χ1n) is 6.21. The van der Waals surface area contributed by atoms with Crippen LogP contribution in [0.4, 0.5) is 4.39 Å². The van der Waals surface area contributed by atoms with Crippen molar-refractivity contribution in [3.63, 3.8) is 0 Å². The van der Waals surface area contributed by atoms with E-state index in [0.29, 0.717) is 19.0 Å². The Labute approximate surface area is 116 Å². The van der Waals surface area contributed by atoms with Crippen molar-refractivity contribution in [3.8, 4) is 0 Å². The van der Waals surface area contributed by atoms with Crippen molar-refractivity contribution in [2.45, 2.75) is 13.1 Å². The number of benzene rings is 1. The monoisotopic (exact) mass is 276 g/mol. The quantitative estimate of drug-likeness (QED) is 0.641. The fourth-order valence-electron chi connectivity index (χ4n) is 1.65. The van der Waals surface area contributed by atoms with Crippen LogP contribution in [-0.2, 0) is 20.1 Å². The first-order chi connectivity index (χ1) is 9.69. The van der Waals surface area contributed by atoms with E-state index in [1.165, 1.54) is 18.5 Å². The Bertz CT molecular complexity index is 575. The van der Waals surface area contributed by atoms with Gasteiger partial charge >= 0.3 is 0 Å². The third kappa shape index (κ3) is 3.78. The Morgan fingerprint density at radius 2 is 1.95 bits per heavy atom. The van der Waals surface area contributed by atoms with Crippen molar-refractivity contribution in [1.82, 2.24) is 25.4 Å². The molecule has 1 aromatic heterocycles. The topological polar surface area (TPSA) is 67.1 Å². The van der Waals surface area contributed by atoms with Gasteiger partial charge in [-0.2, -0.15) is 5.10 Å². The fourth-order valence-corrected chi connectivity index (χ4v) is 1.65. The number of rotatable bonds is 4. The average molecular weight is 276 g/mol. The Kier molecular flexibility index (Phi) is 4.65. The van der Waals surface area contributed by atoms with E-state index in [9.17, 15) is 4.39 Å². The van der Waals surface area contributed by atoms with Crippen molar-refractivity contribution < 1.29 is 4.39 Å². The van der Waals surface area contributed by atoms with Crippen LogP contribution in [0, 0.1) is 5.82 Å². The van der Waals surface area contributed by atoms with Crippen LogP contribution >= 0.6 is 0 Å². The fraction of sp³-hybridized carbons (Fsp3) is 0.308. The van der Waals surface area contributed by atoms with Crippen molar-refractivity contribution >= 4 is 5.96 Å². The lowest BCUT2D eigenvalue weighted by Crippen LogP contribution is -2.36. The summed E-state index contributed by atoms with van der Waals surface area (Å²) in [6.45, 7) is 1.10. The predicted octanol–water partition coefficient (Wildman–Crippen LogP) is 0.819. The highest BCUT2D eigenvalue weighted by atomic mass is 19.1. The number of guanidine groups is 1. The van der Waals surface area contributed by atoms with E-state index in [1.54, 1.807) is 23.9 Å². The Morgan fingerprint density at radius 3 is 2.55 bits per heavy atom. The lowest BCUT2D eigenvalue weighted by atomic mass is 10.2. The second-order valence-corrected chi connectivity index (χ2v) is 4.21. The summed E-state index contributed by atoms with van der Waals surface area (Å²) in [5.41, 5.74) is 0.980. The summed E-state index contributed by atoms with van der Waals surface area (Å²) in [6.07, 6.45) is 1.51. The molecule has 0 bridgehead atoms. The second-order valence-electron chi connectivity index (χ2n) is 4.21. The third-order valence-electron chi connectivity index (χ3n) is 2.82. The smallest absolute Gasteiger partial charge is 0.191 e. The van der Waals surface area contributed by atoms with E-state index in [-0.39, 0.29) is 5.82 Å². The van der Waals surface area contributed by atoms with Gasteiger partial charge in [0.2, 0.25) is 0 Å². The lowest BCUT2D eigenvalue weighted by molar-refractivity contribution is 0.626. The molecule has 0 saturated carbocycles. The van der Waals surface area contributed by atoms with Crippen LogP contribution in [-0.4, -0.2) is 27.8 Å². The van der Waals surface area contributed by atoms with Gasteiger partial charge in [0.25, 0.3) is 0 Å². The molecule has 0 spiro atoms. The highest BCUT2D eigenvalue weighted by molar-refractivity contribution is 5.79. The van der Waals surface area contributed by atoms with Crippen LogP contribution in [0.1, 0.15) is 11.4 Å². The van der Waals surface area contributed by atoms with E-state index >= 15 is 0 Å². The Balaban J connectivity index is 1.84. The van der Waals surface area contributed by atoms with Crippen LogP contribution in [0.25, 0.3) is 0 Å². The maximum absolute atomic E-state index is 12.8. The largest absolute Gasteiger partial charge is 0.352 e. The SMILES string of the molecule is CN=C(NCc1ccc(F)cc1)NCc1ncnn1C. The van der Waals surface area contributed by atoms with Crippen molar-refractivity contribution in [2.24, 2.45) is 12.0 Å². The van der Waals surface area contributed by atoms with Gasteiger partial charge in [-0.05, 0) is 17.7 Å². The van der Waals surface area contributed by atoms with E-state index in [2.05, 4.69) is 25.7 Å². The molecule has 20 heavy (non-hydrogen) atoms. The molecule has 0 radical (unpaired) electrons. The molecule has 0 aliphatic heterocycles. The first-order valence-corrected chi connectivity index (χ1v) is 6.21. The van der Waals surface area contributed by atoms with Crippen LogP contribution in [0.2, 0.25) is 0 Å². The normalized spacial score (nSPS) is 11.4. The zero-order valence-corrected chi connectivity index (χ0v) is 11.5. The van der Waals surface area contributed by atoms with Gasteiger partial charge in [0.1, 0.15) is 18.0 Å². The highest BCUT2D eigenvalue weighted by Crippen LogP contribution is 2.01. The summed E-state index contributed by atoms with van der Waals surface area (Å²) in [5.74, 6) is 1.23. The maximum atomic E-state index is 12.8. The highest BCUT2D eigenvalue weighted by Gasteiger charge is 2.02. The molecular weight excluding hydrogens is 259 g/mol. The van der Waals surface area contributed by atoms with Gasteiger partial charge in [0.15, 0.2) is 5.96 Å². The number of hydrogen-bond donors (Lipinski definition) is 2. The second kappa shape index (κ2) is 6.65. The first kappa shape index (κ1) is 14.0. The minimum absolute atomic E-state index is 0.237. The summed E-state index contributed by atoms with van der Waals surface area (Å²) in [7, 11) is 3.52. The summed E-state index contributed by atoms with van der Waals surface area (Å²) >= 11 is 0. The molecule has 0 amide bonds. The van der Waals surface area contributed by atoms with E-state index in [4.69, 9.17) is 0 Å². The van der Waals surface area contributed by atoms with Gasteiger partial charge in [-0.3, -0.25) is 9.67 Å². The lowest BCUT2D eigenvalue weighted by Gasteiger charge is -2.11. The van der Waals surface area contributed by atoms with Crippen molar-refractivity contribution in [3.05, 3.63) is 47.8 Å². The van der Waals surface area contributed by atoms with Gasteiger partial charge in [-0.1, -0.05) is 12.1 Å². The Hall–Kier alpha value is -2.44. The number of nitrogens with zero attached hydrogens (tertiary/aromatic N) is 4. The van der Waals surface area contributed by atoms with Gasteiger partial charge in [0.05, 0.1) is 6.54 Å². The maximum Gasteiger partial charge on any atom is 0.191 e. The molecule has 7 heteroatoms. The molecular formula is C13H17FN6. The van der Waals surface area contributed by atoms with Gasteiger partial charge < -0.3 is 10.6 Å². The molecule has 0 atom stereocenters. The van der Waals surface area contributed by atoms with Crippen LogP contribution in [0.5, 0.6) is 0 Å². The molecule has 0 aliphatic carbocycles. The number of hydrogen-bond acceptors (Lipinski definition) is 3. The molecule has 2 aromatic rings. The molecule has 6 nitrogen and oxygen atoms in total. The minimum Gasteiger partial charge on any atom is -0.352 e. The summed E-state index contributed by atoms with van der Waals surface area (Å²) in [6, 6.07) is 6.34. The van der Waals surface area contributed by atoms with Gasteiger partial charge in [-0.15, -0.1) is 0 Å². The number of aliphatic imine (C=N–C) groups is 1. The molecule has 106 valence electrons. The third-order valence-corrected chi connectivity index (χ3v) is 2.82. The van der Waals surface area contributed by atoms with E-state index in [0.717, 1.165) is 11.4 Å². The van der Waals surface area contributed by atoms with Gasteiger partial charge in [-0.25, -0.2) is 9.37 Å². The van der Waals surface area contributed by atoms with E-state index in [1.807, 2.05) is 7.05 Å². The van der Waals surface area contributed by atoms with Gasteiger partial charge in [0, 0.05) is 20.6 Å². The molecule has 1 aromatic carbocycles. The van der Waals surface area contributed by atoms with Crippen LogP contribution in [0.15, 0.2) is 35.6 Å². The van der Waals surface area contributed by atoms with Crippen molar-refractivity contribution in [2.75, 3.05) is 7.05 Å². The van der Waals surface area contributed by atoms with E-state index < -0.39 is 0 Å². The van der Waals surface area contributed by atoms with Crippen molar-refractivity contribution in [1.29, 1.82) is 0 Å². The van der Waals surface area contributed by atoms with Crippen LogP contribution < -0.4 is 10.6 Å². The summed E-state index contributed by atoms with van der Waals surface area (Å²) in [4.78, 5) is 8.23. The molecule has 0 aliphatic rings. The summed E-state index contributed by atoms with van der Waals surface area (Å²) < 4.78 is 14.5. The molecule has 2 rings (SSSR count). The molecule has 0 fully saturated rings. The number of aromatic nitrogens is 3.